The molecule has 11 heteroatoms. The second kappa shape index (κ2) is 8.51. The summed E-state index contributed by atoms with van der Waals surface area (Å²) in [7, 11) is 0. The minimum absolute atomic E-state index is 0.399. The molecule has 3 aromatic heterocycles. The second-order valence-electron chi connectivity index (χ2n) is 5.32. The van der Waals surface area contributed by atoms with Crippen LogP contribution in [0.4, 0.5) is 0 Å². The summed E-state index contributed by atoms with van der Waals surface area (Å²) in [6.45, 7) is 0.815. The van der Waals surface area contributed by atoms with E-state index in [1.807, 2.05) is 17.5 Å². The van der Waals surface area contributed by atoms with Gasteiger partial charge in [-0.05, 0) is 24.3 Å². The summed E-state index contributed by atoms with van der Waals surface area (Å²) in [6.07, 6.45) is 3.06. The summed E-state index contributed by atoms with van der Waals surface area (Å²) < 4.78 is 12.9. The third kappa shape index (κ3) is 5.06. The number of halogens is 1. The lowest BCUT2D eigenvalue weighted by atomic mass is 10.3. The number of aromatic nitrogens is 6. The lowest BCUT2D eigenvalue weighted by Gasteiger charge is -2.03. The quantitative estimate of drug-likeness (QED) is 0.398. The van der Waals surface area contributed by atoms with Gasteiger partial charge in [0.05, 0.1) is 5.69 Å². The molecule has 3 heterocycles. The maximum Gasteiger partial charge on any atom is 0.277 e. The molecule has 0 amide bonds. The lowest BCUT2D eigenvalue weighted by molar-refractivity contribution is 0.305. The number of thiazole rings is 1. The molecule has 0 fully saturated rings. The minimum atomic E-state index is 0.399. The van der Waals surface area contributed by atoms with E-state index in [0.717, 1.165) is 16.5 Å². The highest BCUT2D eigenvalue weighted by Gasteiger charge is 2.10. The molecule has 0 radical (unpaired) electrons. The summed E-state index contributed by atoms with van der Waals surface area (Å²) in [4.78, 5) is 8.44. The van der Waals surface area contributed by atoms with Crippen molar-refractivity contribution < 1.29 is 9.15 Å². The molecule has 0 aliphatic rings. The van der Waals surface area contributed by atoms with Gasteiger partial charge in [-0.3, -0.25) is 0 Å². The smallest absolute Gasteiger partial charge is 0.277 e. The van der Waals surface area contributed by atoms with Crippen LogP contribution in [0.5, 0.6) is 5.75 Å². The Hall–Kier alpha value is -2.43. The van der Waals surface area contributed by atoms with Crippen molar-refractivity contribution >= 4 is 34.7 Å². The number of nitrogens with zero attached hydrogens (tertiary/aromatic N) is 6. The van der Waals surface area contributed by atoms with Crippen LogP contribution in [0.2, 0.25) is 5.02 Å². The number of hydrogen-bond acceptors (Lipinski definition) is 9. The van der Waals surface area contributed by atoms with Gasteiger partial charge in [0, 0.05) is 16.2 Å². The number of ether oxygens (including phenoxy) is 1. The predicted molar refractivity (Wildman–Crippen MR) is 101 cm³/mol. The minimum Gasteiger partial charge on any atom is -0.486 e. The Morgan fingerprint density at radius 1 is 1.22 bits per heavy atom. The Balaban J connectivity index is 1.27. The topological polar surface area (TPSA) is 91.8 Å². The van der Waals surface area contributed by atoms with Gasteiger partial charge in [-0.2, -0.15) is 5.10 Å². The average Bonchev–Trinajstić information content (AvgIpc) is 3.42. The molecule has 27 heavy (non-hydrogen) atoms. The van der Waals surface area contributed by atoms with E-state index in [0.29, 0.717) is 35.0 Å². The van der Waals surface area contributed by atoms with Gasteiger partial charge in [-0.1, -0.05) is 23.4 Å². The molecule has 0 N–H and O–H groups in total. The maximum atomic E-state index is 5.86. The molecule has 4 rings (SSSR count). The van der Waals surface area contributed by atoms with E-state index in [2.05, 4.69) is 25.3 Å². The first-order valence-corrected chi connectivity index (χ1v) is 10.1. The van der Waals surface area contributed by atoms with E-state index in [4.69, 9.17) is 20.8 Å². The molecule has 4 aromatic rings. The normalized spacial score (nSPS) is 11.0. The first-order valence-electron chi connectivity index (χ1n) is 7.84. The fourth-order valence-corrected chi connectivity index (χ4v) is 3.72. The van der Waals surface area contributed by atoms with Gasteiger partial charge in [0.15, 0.2) is 0 Å². The van der Waals surface area contributed by atoms with Gasteiger partial charge in [-0.25, -0.2) is 14.6 Å². The van der Waals surface area contributed by atoms with Crippen molar-refractivity contribution in [1.29, 1.82) is 0 Å². The van der Waals surface area contributed by atoms with Crippen LogP contribution in [-0.4, -0.2) is 29.9 Å². The summed E-state index contributed by atoms with van der Waals surface area (Å²) >= 11 is 8.86. The number of thioether (sulfide) groups is 1. The molecule has 0 bridgehead atoms. The fraction of sp³-hybridized carbons (Fsp3) is 0.188. The van der Waals surface area contributed by atoms with Gasteiger partial charge < -0.3 is 9.15 Å². The van der Waals surface area contributed by atoms with Gasteiger partial charge in [0.2, 0.25) is 5.89 Å². The molecule has 8 nitrogen and oxygen atoms in total. The molecule has 0 saturated carbocycles. The molecule has 1 aromatic carbocycles. The predicted octanol–water partition coefficient (Wildman–Crippen LogP) is 3.69. The zero-order valence-electron chi connectivity index (χ0n) is 13.9. The van der Waals surface area contributed by atoms with Crippen molar-refractivity contribution in [2.45, 2.75) is 24.1 Å². The van der Waals surface area contributed by atoms with Gasteiger partial charge in [0.25, 0.3) is 5.22 Å². The maximum absolute atomic E-state index is 5.86. The standard InChI is InChI=1S/C16H13ClN6O2S2/c17-11-1-3-13(4-2-11)24-6-15-20-12(7-26-15)8-27-16-22-21-14(25-16)5-23-10-18-9-19-23/h1-4,7,9-10H,5-6,8H2. The van der Waals surface area contributed by atoms with Crippen molar-refractivity contribution in [3.05, 3.63) is 63.9 Å². The summed E-state index contributed by atoms with van der Waals surface area (Å²) in [5.74, 6) is 1.89. The lowest BCUT2D eigenvalue weighted by Crippen LogP contribution is -1.99. The molecule has 0 atom stereocenters. The van der Waals surface area contributed by atoms with Gasteiger partial charge in [-0.15, -0.1) is 21.5 Å². The summed E-state index contributed by atoms with van der Waals surface area (Å²) in [5, 5.41) is 16.1. The van der Waals surface area contributed by atoms with E-state index in [1.54, 1.807) is 34.5 Å². The highest BCUT2D eigenvalue weighted by atomic mass is 35.5. The fourth-order valence-electron chi connectivity index (χ4n) is 2.11. The van der Waals surface area contributed by atoms with Crippen LogP contribution >= 0.6 is 34.7 Å². The molecule has 0 unspecified atom stereocenters. The van der Waals surface area contributed by atoms with Crippen molar-refractivity contribution in [2.75, 3.05) is 0 Å². The Kier molecular flexibility index (Phi) is 5.66. The van der Waals surface area contributed by atoms with Crippen molar-refractivity contribution in [2.24, 2.45) is 0 Å². The highest BCUT2D eigenvalue weighted by molar-refractivity contribution is 7.98. The molecule has 0 spiro atoms. The molecule has 0 saturated heterocycles. The van der Waals surface area contributed by atoms with Crippen LogP contribution in [0.25, 0.3) is 0 Å². The highest BCUT2D eigenvalue weighted by Crippen LogP contribution is 2.23. The molecule has 0 aliphatic heterocycles. The third-order valence-corrected chi connectivity index (χ3v) is 5.31. The van der Waals surface area contributed by atoms with Crippen molar-refractivity contribution in [3.8, 4) is 5.75 Å². The Morgan fingerprint density at radius 3 is 2.93 bits per heavy atom. The molecular formula is C16H13ClN6O2S2. The molecular weight excluding hydrogens is 408 g/mol. The second-order valence-corrected chi connectivity index (χ2v) is 7.62. The van der Waals surface area contributed by atoms with Crippen LogP contribution in [0.3, 0.4) is 0 Å². The van der Waals surface area contributed by atoms with Crippen LogP contribution in [0.1, 0.15) is 16.6 Å². The van der Waals surface area contributed by atoms with E-state index in [-0.39, 0.29) is 0 Å². The zero-order valence-corrected chi connectivity index (χ0v) is 16.2. The zero-order chi connectivity index (χ0) is 18.5. The van der Waals surface area contributed by atoms with E-state index >= 15 is 0 Å². The van der Waals surface area contributed by atoms with Crippen molar-refractivity contribution in [1.82, 2.24) is 29.9 Å². The van der Waals surface area contributed by atoms with Crippen LogP contribution in [-0.2, 0) is 18.9 Å². The van der Waals surface area contributed by atoms with Gasteiger partial charge in [0.1, 0.15) is 36.6 Å². The van der Waals surface area contributed by atoms with E-state index < -0.39 is 0 Å². The monoisotopic (exact) mass is 420 g/mol. The molecule has 138 valence electrons. The van der Waals surface area contributed by atoms with E-state index in [1.165, 1.54) is 18.1 Å². The third-order valence-electron chi connectivity index (χ3n) is 3.33. The number of benzene rings is 1. The number of hydrogen-bond donors (Lipinski definition) is 0. The first kappa shape index (κ1) is 18.0. The Bertz CT molecular complexity index is 987. The Morgan fingerprint density at radius 2 is 2.11 bits per heavy atom. The first-order chi connectivity index (χ1) is 13.2. The molecule has 0 aliphatic carbocycles. The Labute approximate surface area is 167 Å². The largest absolute Gasteiger partial charge is 0.486 e. The van der Waals surface area contributed by atoms with Gasteiger partial charge >= 0.3 is 0 Å². The average molecular weight is 421 g/mol. The van der Waals surface area contributed by atoms with Crippen LogP contribution in [0.15, 0.2) is 51.9 Å². The van der Waals surface area contributed by atoms with Crippen LogP contribution in [0, 0.1) is 0 Å². The summed E-state index contributed by atoms with van der Waals surface area (Å²) in [5.41, 5.74) is 0.940. The SMILES string of the molecule is Clc1ccc(OCc2nc(CSc3nnc(Cn4cncn4)o3)cs2)cc1. The number of rotatable bonds is 8. The van der Waals surface area contributed by atoms with Crippen LogP contribution < -0.4 is 4.74 Å². The van der Waals surface area contributed by atoms with Crippen molar-refractivity contribution in [3.63, 3.8) is 0 Å². The van der Waals surface area contributed by atoms with E-state index in [9.17, 15) is 0 Å². The summed E-state index contributed by atoms with van der Waals surface area (Å²) in [6, 6.07) is 7.25.